The monoisotopic (exact) mass is 234 g/mol. The van der Waals surface area contributed by atoms with Gasteiger partial charge in [-0.15, -0.1) is 11.9 Å². The van der Waals surface area contributed by atoms with Crippen molar-refractivity contribution in [3.05, 3.63) is 22.5 Å². The maximum Gasteiger partial charge on any atom is 0.358 e. The second kappa shape index (κ2) is 5.32. The molecule has 1 heterocycles. The Bertz CT molecular complexity index is 495. The molecule has 5 heteroatoms. The lowest BCUT2D eigenvalue weighted by Gasteiger charge is -2.04. The molecule has 1 N–H and O–H groups in total. The Morgan fingerprint density at radius 1 is 1.59 bits per heavy atom. The Hall–Kier alpha value is -2.06. The Morgan fingerprint density at radius 3 is 2.71 bits per heavy atom. The predicted molar refractivity (Wildman–Crippen MR) is 62.5 cm³/mol. The van der Waals surface area contributed by atoms with Gasteiger partial charge >= 0.3 is 5.97 Å². The molecule has 0 fully saturated rings. The molecule has 0 aliphatic carbocycles. The zero-order chi connectivity index (χ0) is 13.0. The van der Waals surface area contributed by atoms with Crippen LogP contribution in [0.15, 0.2) is 0 Å². The molecule has 0 aromatic carbocycles. The van der Waals surface area contributed by atoms with Gasteiger partial charge in [0.25, 0.3) is 0 Å². The fourth-order valence-electron chi connectivity index (χ4n) is 1.66. The van der Waals surface area contributed by atoms with Gasteiger partial charge in [0.15, 0.2) is 6.29 Å². The van der Waals surface area contributed by atoms with Crippen LogP contribution in [0.2, 0.25) is 0 Å². The van der Waals surface area contributed by atoms with Crippen molar-refractivity contribution >= 4 is 12.3 Å². The molecule has 5 nitrogen and oxygen atoms in total. The first-order chi connectivity index (χ1) is 8.04. The highest BCUT2D eigenvalue weighted by Crippen LogP contribution is 2.20. The van der Waals surface area contributed by atoms with Gasteiger partial charge in [-0.25, -0.2) is 4.79 Å². The van der Waals surface area contributed by atoms with Crippen LogP contribution in [-0.4, -0.2) is 23.4 Å². The summed E-state index contributed by atoms with van der Waals surface area (Å²) in [6, 6.07) is 0. The van der Waals surface area contributed by atoms with Crippen LogP contribution in [-0.2, 0) is 11.9 Å². The summed E-state index contributed by atoms with van der Waals surface area (Å²) in [5.74, 6) is 1.74. The van der Waals surface area contributed by atoms with E-state index in [9.17, 15) is 9.59 Å². The number of nitrogens with zero attached hydrogens (tertiary/aromatic N) is 1. The van der Waals surface area contributed by atoms with Crippen LogP contribution in [0.4, 0.5) is 0 Å². The van der Waals surface area contributed by atoms with Crippen LogP contribution in [0.5, 0.6) is 0 Å². The number of terminal acetylenes is 1. The molecule has 90 valence electrons. The first kappa shape index (κ1) is 13.0. The van der Waals surface area contributed by atoms with E-state index < -0.39 is 5.97 Å². The maximum atomic E-state index is 11.8. The second-order valence-corrected chi connectivity index (χ2v) is 3.56. The lowest BCUT2D eigenvalue weighted by molar-refractivity contribution is 0.0281. The standard InChI is InChI=1S/C12H14N2O3/c1-5-6-13-17-12(16)11-8(2)10(7-15)14(4)9(11)3/h1,7,13H,6H2,2-4H3. The number of hydrogen-bond acceptors (Lipinski definition) is 4. The first-order valence-electron chi connectivity index (χ1n) is 5.03. The van der Waals surface area contributed by atoms with Gasteiger partial charge in [-0.3, -0.25) is 4.79 Å². The third-order valence-corrected chi connectivity index (χ3v) is 2.64. The van der Waals surface area contributed by atoms with Crippen molar-refractivity contribution in [3.8, 4) is 12.3 Å². The summed E-state index contributed by atoms with van der Waals surface area (Å²) in [5, 5.41) is 0. The Labute approximate surface area is 99.7 Å². The number of aromatic nitrogens is 1. The second-order valence-electron chi connectivity index (χ2n) is 3.56. The molecule has 17 heavy (non-hydrogen) atoms. The molecule has 0 atom stereocenters. The molecular formula is C12H14N2O3. The van der Waals surface area contributed by atoms with Gasteiger partial charge in [-0.05, 0) is 19.4 Å². The van der Waals surface area contributed by atoms with Crippen molar-refractivity contribution in [3.63, 3.8) is 0 Å². The Balaban J connectivity index is 3.03. The average Bonchev–Trinajstić information content (AvgIpc) is 2.50. The topological polar surface area (TPSA) is 60.3 Å². The van der Waals surface area contributed by atoms with Crippen molar-refractivity contribution < 1.29 is 14.4 Å². The van der Waals surface area contributed by atoms with E-state index in [1.54, 1.807) is 25.5 Å². The molecule has 0 aliphatic heterocycles. The number of hydroxylamine groups is 1. The average molecular weight is 234 g/mol. The van der Waals surface area contributed by atoms with E-state index in [1.807, 2.05) is 0 Å². The fourth-order valence-corrected chi connectivity index (χ4v) is 1.66. The summed E-state index contributed by atoms with van der Waals surface area (Å²) in [6.45, 7) is 3.59. The number of carbonyl (C=O) groups excluding carboxylic acids is 2. The predicted octanol–water partition coefficient (Wildman–Crippen LogP) is 0.749. The molecule has 1 aromatic heterocycles. The summed E-state index contributed by atoms with van der Waals surface area (Å²) in [5.41, 5.74) is 4.49. The fraction of sp³-hybridized carbons (Fsp3) is 0.333. The quantitative estimate of drug-likeness (QED) is 0.361. The van der Waals surface area contributed by atoms with Crippen molar-refractivity contribution in [1.82, 2.24) is 10.0 Å². The number of hydrogen-bond donors (Lipinski definition) is 1. The Morgan fingerprint density at radius 2 is 2.24 bits per heavy atom. The summed E-state index contributed by atoms with van der Waals surface area (Å²) in [6.07, 6.45) is 5.72. The van der Waals surface area contributed by atoms with Crippen LogP contribution >= 0.6 is 0 Å². The van der Waals surface area contributed by atoms with E-state index in [0.717, 1.165) is 0 Å². The van der Waals surface area contributed by atoms with Gasteiger partial charge < -0.3 is 9.40 Å². The molecule has 1 aromatic rings. The van der Waals surface area contributed by atoms with Crippen LogP contribution in [0.3, 0.4) is 0 Å². The van der Waals surface area contributed by atoms with Gasteiger partial charge in [0, 0.05) is 12.7 Å². The minimum absolute atomic E-state index is 0.136. The van der Waals surface area contributed by atoms with Gasteiger partial charge in [0.05, 0.1) is 17.8 Å². The van der Waals surface area contributed by atoms with Crippen molar-refractivity contribution in [2.75, 3.05) is 6.54 Å². The molecule has 0 unspecified atom stereocenters. The van der Waals surface area contributed by atoms with Gasteiger partial charge in [-0.1, -0.05) is 5.92 Å². The molecular weight excluding hydrogens is 220 g/mol. The Kier molecular flexibility index (Phi) is 4.07. The van der Waals surface area contributed by atoms with E-state index >= 15 is 0 Å². The number of aldehydes is 1. The SMILES string of the molecule is C#CCNOC(=O)c1c(C)c(C=O)n(C)c1C. The summed E-state index contributed by atoms with van der Waals surface area (Å²) >= 11 is 0. The van der Waals surface area contributed by atoms with Crippen molar-refractivity contribution in [2.45, 2.75) is 13.8 Å². The van der Waals surface area contributed by atoms with E-state index in [2.05, 4.69) is 11.4 Å². The van der Waals surface area contributed by atoms with Crippen LogP contribution in [0.25, 0.3) is 0 Å². The van der Waals surface area contributed by atoms with E-state index in [0.29, 0.717) is 28.8 Å². The first-order valence-corrected chi connectivity index (χ1v) is 5.03. The van der Waals surface area contributed by atoms with Crippen LogP contribution in [0, 0.1) is 26.2 Å². The van der Waals surface area contributed by atoms with Gasteiger partial charge in [-0.2, -0.15) is 0 Å². The van der Waals surface area contributed by atoms with Crippen LogP contribution < -0.4 is 5.48 Å². The minimum Gasteiger partial charge on any atom is -0.366 e. The van der Waals surface area contributed by atoms with Crippen molar-refractivity contribution in [1.29, 1.82) is 0 Å². The van der Waals surface area contributed by atoms with Gasteiger partial charge in [0.1, 0.15) is 0 Å². The molecule has 1 rings (SSSR count). The third kappa shape index (κ3) is 2.37. The van der Waals surface area contributed by atoms with E-state index in [-0.39, 0.29) is 6.54 Å². The van der Waals surface area contributed by atoms with E-state index in [4.69, 9.17) is 11.3 Å². The highest BCUT2D eigenvalue weighted by Gasteiger charge is 2.21. The number of carbonyl (C=O) groups is 2. The summed E-state index contributed by atoms with van der Waals surface area (Å²) in [4.78, 5) is 27.4. The number of nitrogens with one attached hydrogen (secondary N) is 1. The molecule has 0 radical (unpaired) electrons. The molecule has 0 amide bonds. The van der Waals surface area contributed by atoms with Crippen LogP contribution in [0.1, 0.15) is 32.1 Å². The van der Waals surface area contributed by atoms with Crippen molar-refractivity contribution in [2.24, 2.45) is 7.05 Å². The largest absolute Gasteiger partial charge is 0.366 e. The highest BCUT2D eigenvalue weighted by molar-refractivity contribution is 5.95. The smallest absolute Gasteiger partial charge is 0.358 e. The zero-order valence-corrected chi connectivity index (χ0v) is 10.0. The summed E-state index contributed by atoms with van der Waals surface area (Å²) in [7, 11) is 1.72. The molecule has 0 aliphatic rings. The molecule has 0 bridgehead atoms. The third-order valence-electron chi connectivity index (χ3n) is 2.64. The zero-order valence-electron chi connectivity index (χ0n) is 10.0. The van der Waals surface area contributed by atoms with E-state index in [1.165, 1.54) is 0 Å². The highest BCUT2D eigenvalue weighted by atomic mass is 16.7. The molecule has 0 saturated heterocycles. The lowest BCUT2D eigenvalue weighted by atomic mass is 10.1. The maximum absolute atomic E-state index is 11.8. The lowest BCUT2D eigenvalue weighted by Crippen LogP contribution is -2.21. The summed E-state index contributed by atoms with van der Waals surface area (Å²) < 4.78 is 1.65. The molecule has 0 spiro atoms. The number of rotatable bonds is 4. The van der Waals surface area contributed by atoms with Gasteiger partial charge in [0.2, 0.25) is 0 Å². The molecule has 0 saturated carbocycles. The minimum atomic E-state index is -0.543. The normalized spacial score (nSPS) is 9.76.